The number of aryl methyl sites for hydroxylation is 1. The van der Waals surface area contributed by atoms with E-state index in [1.54, 1.807) is 0 Å². The minimum atomic E-state index is 0. The number of piperidine rings is 1. The highest BCUT2D eigenvalue weighted by Crippen LogP contribution is 2.41. The van der Waals surface area contributed by atoms with E-state index in [2.05, 4.69) is 41.4 Å². The molecule has 2 saturated heterocycles. The molecule has 4 nitrogen and oxygen atoms in total. The van der Waals surface area contributed by atoms with E-state index >= 15 is 0 Å². The third-order valence-electron chi connectivity index (χ3n) is 6.65. The zero-order valence-electron chi connectivity index (χ0n) is 16.4. The fourth-order valence-corrected chi connectivity index (χ4v) is 4.70. The van der Waals surface area contributed by atoms with Crippen molar-refractivity contribution >= 4 is 41.6 Å². The number of pyridine rings is 1. The van der Waals surface area contributed by atoms with Crippen molar-refractivity contribution < 1.29 is 4.79 Å². The predicted octanol–water partition coefficient (Wildman–Crippen LogP) is 4.48. The Morgan fingerprint density at radius 2 is 1.89 bits per heavy atom. The normalized spacial score (nSPS) is 20.7. The van der Waals surface area contributed by atoms with Crippen molar-refractivity contribution in [3.8, 4) is 0 Å². The Morgan fingerprint density at radius 1 is 1.14 bits per heavy atom. The van der Waals surface area contributed by atoms with Crippen molar-refractivity contribution in [2.45, 2.75) is 44.9 Å². The topological polar surface area (TPSA) is 45.2 Å². The van der Waals surface area contributed by atoms with Crippen molar-refractivity contribution in [2.75, 3.05) is 26.2 Å². The Morgan fingerprint density at radius 3 is 2.54 bits per heavy atom. The molecule has 6 heteroatoms. The molecule has 28 heavy (non-hydrogen) atoms. The van der Waals surface area contributed by atoms with E-state index in [-0.39, 0.29) is 30.7 Å². The Bertz CT molecular complexity index is 865. The molecule has 3 aliphatic rings. The fourth-order valence-electron chi connectivity index (χ4n) is 4.70. The maximum atomic E-state index is 13.4. The van der Waals surface area contributed by atoms with E-state index in [0.29, 0.717) is 11.3 Å². The van der Waals surface area contributed by atoms with Gasteiger partial charge in [-0.3, -0.25) is 9.78 Å². The number of hydrogen-bond acceptors (Lipinski definition) is 3. The summed E-state index contributed by atoms with van der Waals surface area (Å²) in [5.74, 6) is 0.757. The molecule has 0 radical (unpaired) electrons. The molecule has 1 spiro atoms. The average Bonchev–Trinajstić information content (AvgIpc) is 3.42. The highest BCUT2D eigenvalue weighted by Gasteiger charge is 2.38. The molecule has 1 amide bonds. The van der Waals surface area contributed by atoms with Gasteiger partial charge in [0.25, 0.3) is 5.91 Å². The molecule has 2 aliphatic heterocycles. The lowest BCUT2D eigenvalue weighted by Crippen LogP contribution is -2.44. The van der Waals surface area contributed by atoms with Crippen LogP contribution in [0.25, 0.3) is 10.9 Å². The van der Waals surface area contributed by atoms with Gasteiger partial charge in [0.05, 0.1) is 11.1 Å². The molecule has 1 aliphatic carbocycles. The van der Waals surface area contributed by atoms with Crippen LogP contribution in [0.2, 0.25) is 0 Å². The molecule has 152 valence electrons. The van der Waals surface area contributed by atoms with Gasteiger partial charge in [0.1, 0.15) is 0 Å². The maximum absolute atomic E-state index is 13.4. The fraction of sp³-hybridized carbons (Fsp3) is 0.545. The largest absolute Gasteiger partial charge is 0.339 e. The summed E-state index contributed by atoms with van der Waals surface area (Å²) in [5, 5.41) is 4.52. The number of nitrogens with zero attached hydrogens (tertiary/aromatic N) is 2. The molecule has 3 fully saturated rings. The number of nitrogens with one attached hydrogen (secondary N) is 1. The zero-order valence-corrected chi connectivity index (χ0v) is 18.0. The summed E-state index contributed by atoms with van der Waals surface area (Å²) in [5.41, 5.74) is 4.56. The third-order valence-corrected chi connectivity index (χ3v) is 6.65. The Hall–Kier alpha value is -1.36. The molecule has 0 bridgehead atoms. The van der Waals surface area contributed by atoms with Gasteiger partial charge < -0.3 is 10.2 Å². The van der Waals surface area contributed by atoms with Crippen LogP contribution in [0.3, 0.4) is 0 Å². The number of carbonyl (C=O) groups is 1. The van der Waals surface area contributed by atoms with Crippen LogP contribution in [0.1, 0.15) is 59.6 Å². The van der Waals surface area contributed by atoms with Gasteiger partial charge in [0, 0.05) is 36.6 Å². The minimum Gasteiger partial charge on any atom is -0.339 e. The Kier molecular flexibility index (Phi) is 6.23. The summed E-state index contributed by atoms with van der Waals surface area (Å²) in [7, 11) is 0. The highest BCUT2D eigenvalue weighted by atomic mass is 35.5. The molecule has 2 aromatic rings. The van der Waals surface area contributed by atoms with E-state index in [9.17, 15) is 4.79 Å². The summed E-state index contributed by atoms with van der Waals surface area (Å²) in [6, 6.07) is 8.38. The molecule has 0 atom stereocenters. The molecule has 5 rings (SSSR count). The summed E-state index contributed by atoms with van der Waals surface area (Å²) in [4.78, 5) is 20.3. The second kappa shape index (κ2) is 8.17. The number of amides is 1. The van der Waals surface area contributed by atoms with Gasteiger partial charge in [0.15, 0.2) is 0 Å². The van der Waals surface area contributed by atoms with Crippen LogP contribution in [0, 0.1) is 12.3 Å². The van der Waals surface area contributed by atoms with Crippen LogP contribution < -0.4 is 5.32 Å². The third kappa shape index (κ3) is 3.87. The van der Waals surface area contributed by atoms with Crippen LogP contribution >= 0.6 is 24.8 Å². The smallest absolute Gasteiger partial charge is 0.254 e. The first-order valence-corrected chi connectivity index (χ1v) is 10.0. The summed E-state index contributed by atoms with van der Waals surface area (Å²) in [6.45, 7) is 6.11. The first-order valence-electron chi connectivity index (χ1n) is 10.0. The quantitative estimate of drug-likeness (QED) is 0.776. The van der Waals surface area contributed by atoms with E-state index < -0.39 is 0 Å². The maximum Gasteiger partial charge on any atom is 0.254 e. The first-order chi connectivity index (χ1) is 12.6. The lowest BCUT2D eigenvalue weighted by Gasteiger charge is -2.39. The van der Waals surface area contributed by atoms with E-state index in [1.807, 2.05) is 0 Å². The standard InChI is InChI=1S/C22H27N3O.2ClH/c1-15-2-5-19-17(12-15)18(13-20(24-19)16-3-4-16)21(26)25-10-7-22(8-11-25)6-9-23-14-22;;/h2,5,12-13,16,23H,3-4,6-11,14H2,1H3;2*1H. The molecule has 1 aromatic heterocycles. The second-order valence-electron chi connectivity index (χ2n) is 8.61. The molecule has 3 heterocycles. The number of fused-ring (bicyclic) bond motifs is 1. The van der Waals surface area contributed by atoms with Gasteiger partial charge >= 0.3 is 0 Å². The van der Waals surface area contributed by atoms with Gasteiger partial charge in [-0.2, -0.15) is 0 Å². The first kappa shape index (κ1) is 21.4. The molecule has 0 unspecified atom stereocenters. The van der Waals surface area contributed by atoms with Crippen LogP contribution in [0.15, 0.2) is 24.3 Å². The number of benzene rings is 1. The van der Waals surface area contributed by atoms with Crippen LogP contribution in [0.5, 0.6) is 0 Å². The van der Waals surface area contributed by atoms with Crippen molar-refractivity contribution in [1.82, 2.24) is 15.2 Å². The van der Waals surface area contributed by atoms with E-state index in [1.165, 1.54) is 24.8 Å². The van der Waals surface area contributed by atoms with Gasteiger partial charge in [-0.25, -0.2) is 0 Å². The highest BCUT2D eigenvalue weighted by molar-refractivity contribution is 6.06. The number of aromatic nitrogens is 1. The van der Waals surface area contributed by atoms with Crippen LogP contribution in [0.4, 0.5) is 0 Å². The molecular formula is C22H29Cl2N3O. The molecule has 1 saturated carbocycles. The van der Waals surface area contributed by atoms with Crippen LogP contribution in [-0.2, 0) is 0 Å². The monoisotopic (exact) mass is 421 g/mol. The molecular weight excluding hydrogens is 393 g/mol. The summed E-state index contributed by atoms with van der Waals surface area (Å²) < 4.78 is 0. The number of carbonyl (C=O) groups excluding carboxylic acids is 1. The average molecular weight is 422 g/mol. The lowest BCUT2D eigenvalue weighted by molar-refractivity contribution is 0.0609. The molecule has 1 N–H and O–H groups in total. The van der Waals surface area contributed by atoms with Crippen LogP contribution in [-0.4, -0.2) is 42.0 Å². The zero-order chi connectivity index (χ0) is 17.7. The van der Waals surface area contributed by atoms with Gasteiger partial charge in [0.2, 0.25) is 0 Å². The predicted molar refractivity (Wildman–Crippen MR) is 118 cm³/mol. The van der Waals surface area contributed by atoms with Gasteiger partial charge in [-0.1, -0.05) is 11.6 Å². The Balaban J connectivity index is 0.00000112. The SMILES string of the molecule is Cc1ccc2nc(C3CC3)cc(C(=O)N3CCC4(CCNC4)CC3)c2c1.Cl.Cl. The van der Waals surface area contributed by atoms with Crippen molar-refractivity contribution in [2.24, 2.45) is 5.41 Å². The molecule has 1 aromatic carbocycles. The Labute approximate surface area is 179 Å². The van der Waals surface area contributed by atoms with E-state index in [0.717, 1.165) is 61.2 Å². The van der Waals surface area contributed by atoms with Gasteiger partial charge in [-0.05, 0) is 69.2 Å². The number of rotatable bonds is 2. The lowest BCUT2D eigenvalue weighted by atomic mass is 9.77. The number of halogens is 2. The summed E-state index contributed by atoms with van der Waals surface area (Å²) >= 11 is 0. The second-order valence-corrected chi connectivity index (χ2v) is 8.61. The van der Waals surface area contributed by atoms with Gasteiger partial charge in [-0.15, -0.1) is 24.8 Å². The van der Waals surface area contributed by atoms with E-state index in [4.69, 9.17) is 4.98 Å². The van der Waals surface area contributed by atoms with Crippen molar-refractivity contribution in [3.05, 3.63) is 41.1 Å². The van der Waals surface area contributed by atoms with Crippen molar-refractivity contribution in [3.63, 3.8) is 0 Å². The number of hydrogen-bond donors (Lipinski definition) is 1. The van der Waals surface area contributed by atoms with Crippen molar-refractivity contribution in [1.29, 1.82) is 0 Å². The summed E-state index contributed by atoms with van der Waals surface area (Å²) in [6.07, 6.45) is 5.93. The minimum absolute atomic E-state index is 0. The number of likely N-dealkylation sites (tertiary alicyclic amines) is 1.